The Kier molecular flexibility index (Phi) is 5.63. The predicted molar refractivity (Wildman–Crippen MR) is 115 cm³/mol. The van der Waals surface area contributed by atoms with Crippen LogP contribution in [0.2, 0.25) is 5.02 Å². The number of benzene rings is 1. The maximum atomic E-state index is 12.0. The molecule has 3 heterocycles. The van der Waals surface area contributed by atoms with Gasteiger partial charge in [0, 0.05) is 39.3 Å². The van der Waals surface area contributed by atoms with Gasteiger partial charge in [0.15, 0.2) is 5.13 Å². The van der Waals surface area contributed by atoms with Gasteiger partial charge in [-0.25, -0.2) is 4.98 Å². The summed E-state index contributed by atoms with van der Waals surface area (Å²) in [5, 5.41) is 6.74. The molecule has 8 heteroatoms. The summed E-state index contributed by atoms with van der Waals surface area (Å²) in [5.41, 5.74) is 2.18. The maximum Gasteiger partial charge on any atom is 0.261 e. The van der Waals surface area contributed by atoms with E-state index >= 15 is 0 Å². The van der Waals surface area contributed by atoms with Crippen molar-refractivity contribution < 1.29 is 4.79 Å². The van der Waals surface area contributed by atoms with Crippen molar-refractivity contribution >= 4 is 55.5 Å². The van der Waals surface area contributed by atoms with Crippen molar-refractivity contribution in [3.8, 4) is 0 Å². The number of nitrogens with one attached hydrogen (secondary N) is 1. The average molecular weight is 421 g/mol. The van der Waals surface area contributed by atoms with Gasteiger partial charge in [-0.2, -0.15) is 0 Å². The standard InChI is InChI=1S/C19H21ClN4OS2/c1-13-4-5-14(20)17-16(13)22-19(27-17)24-10-8-23(9-11-24)7-6-21-18(25)15-3-2-12-26-15/h2-5,12H,6-11H2,1H3,(H,21,25). The maximum absolute atomic E-state index is 12.0. The molecule has 142 valence electrons. The first kappa shape index (κ1) is 18.7. The lowest BCUT2D eigenvalue weighted by molar-refractivity contribution is 0.0952. The van der Waals surface area contributed by atoms with E-state index in [0.29, 0.717) is 6.54 Å². The van der Waals surface area contributed by atoms with Crippen molar-refractivity contribution in [3.05, 3.63) is 45.1 Å². The number of hydrogen-bond donors (Lipinski definition) is 1. The number of anilines is 1. The van der Waals surface area contributed by atoms with Gasteiger partial charge in [0.25, 0.3) is 5.91 Å². The smallest absolute Gasteiger partial charge is 0.261 e. The fraction of sp³-hybridized carbons (Fsp3) is 0.368. The van der Waals surface area contributed by atoms with Crippen LogP contribution in [0.5, 0.6) is 0 Å². The zero-order valence-corrected chi connectivity index (χ0v) is 17.5. The van der Waals surface area contributed by atoms with E-state index in [1.54, 1.807) is 11.3 Å². The number of thiophene rings is 1. The molecular formula is C19H21ClN4OS2. The minimum Gasteiger partial charge on any atom is -0.350 e. The van der Waals surface area contributed by atoms with Crippen molar-refractivity contribution in [3.63, 3.8) is 0 Å². The van der Waals surface area contributed by atoms with Crippen molar-refractivity contribution in [1.82, 2.24) is 15.2 Å². The van der Waals surface area contributed by atoms with Crippen LogP contribution < -0.4 is 10.2 Å². The lowest BCUT2D eigenvalue weighted by Gasteiger charge is -2.34. The molecule has 0 radical (unpaired) electrons. The molecule has 0 bridgehead atoms. The Hall–Kier alpha value is -1.67. The third kappa shape index (κ3) is 4.11. The summed E-state index contributed by atoms with van der Waals surface area (Å²) in [7, 11) is 0. The van der Waals surface area contributed by atoms with Crippen LogP contribution in [0.3, 0.4) is 0 Å². The third-order valence-electron chi connectivity index (χ3n) is 4.79. The van der Waals surface area contributed by atoms with Crippen LogP contribution in [0.25, 0.3) is 10.2 Å². The number of rotatable bonds is 5. The monoisotopic (exact) mass is 420 g/mol. The van der Waals surface area contributed by atoms with Gasteiger partial charge in [0.05, 0.1) is 20.1 Å². The Balaban J connectivity index is 1.29. The number of carbonyl (C=O) groups is 1. The average Bonchev–Trinajstić information content (AvgIpc) is 3.36. The second-order valence-electron chi connectivity index (χ2n) is 6.60. The molecule has 4 rings (SSSR count). The summed E-state index contributed by atoms with van der Waals surface area (Å²) in [6.07, 6.45) is 0. The molecule has 0 atom stereocenters. The number of halogens is 1. The number of carbonyl (C=O) groups excluding carboxylic acids is 1. The van der Waals surface area contributed by atoms with Gasteiger partial charge < -0.3 is 10.2 Å². The quantitative estimate of drug-likeness (QED) is 0.680. The first-order valence-electron chi connectivity index (χ1n) is 8.96. The number of amides is 1. The lowest BCUT2D eigenvalue weighted by Crippen LogP contribution is -2.48. The van der Waals surface area contributed by atoms with Crippen LogP contribution in [-0.2, 0) is 0 Å². The van der Waals surface area contributed by atoms with E-state index in [0.717, 1.165) is 63.5 Å². The Morgan fingerprint density at radius 3 is 2.78 bits per heavy atom. The molecule has 1 aromatic carbocycles. The number of nitrogens with zero attached hydrogens (tertiary/aromatic N) is 3. The molecule has 5 nitrogen and oxygen atoms in total. The molecule has 27 heavy (non-hydrogen) atoms. The molecular weight excluding hydrogens is 400 g/mol. The predicted octanol–water partition coefficient (Wildman–Crippen LogP) is 3.87. The van der Waals surface area contributed by atoms with Crippen LogP contribution in [0.1, 0.15) is 15.2 Å². The second kappa shape index (κ2) is 8.14. The van der Waals surface area contributed by atoms with E-state index in [1.165, 1.54) is 11.3 Å². The van der Waals surface area contributed by atoms with E-state index in [1.807, 2.05) is 29.6 Å². The Labute approximate surface area is 171 Å². The topological polar surface area (TPSA) is 48.5 Å². The number of aryl methyl sites for hydroxylation is 1. The largest absolute Gasteiger partial charge is 0.350 e. The molecule has 0 unspecified atom stereocenters. The highest BCUT2D eigenvalue weighted by Gasteiger charge is 2.21. The molecule has 1 amide bonds. The summed E-state index contributed by atoms with van der Waals surface area (Å²) >= 11 is 9.48. The minimum atomic E-state index is 0.0189. The SMILES string of the molecule is Cc1ccc(Cl)c2sc(N3CCN(CCNC(=O)c4cccs4)CC3)nc12. The molecule has 1 aliphatic heterocycles. The summed E-state index contributed by atoms with van der Waals surface area (Å²) in [6, 6.07) is 7.72. The zero-order valence-electron chi connectivity index (χ0n) is 15.1. The van der Waals surface area contributed by atoms with Crippen molar-refractivity contribution in [2.45, 2.75) is 6.92 Å². The Morgan fingerprint density at radius 2 is 2.07 bits per heavy atom. The molecule has 1 saturated heterocycles. The van der Waals surface area contributed by atoms with Gasteiger partial charge >= 0.3 is 0 Å². The highest BCUT2D eigenvalue weighted by molar-refractivity contribution is 7.22. The van der Waals surface area contributed by atoms with E-state index in [-0.39, 0.29) is 5.91 Å². The summed E-state index contributed by atoms with van der Waals surface area (Å²) < 4.78 is 1.07. The molecule has 0 spiro atoms. The van der Waals surface area contributed by atoms with Gasteiger partial charge in [-0.1, -0.05) is 35.1 Å². The molecule has 1 N–H and O–H groups in total. The van der Waals surface area contributed by atoms with Crippen LogP contribution in [0.4, 0.5) is 5.13 Å². The van der Waals surface area contributed by atoms with E-state index in [9.17, 15) is 4.79 Å². The van der Waals surface area contributed by atoms with Crippen LogP contribution in [0, 0.1) is 6.92 Å². The highest BCUT2D eigenvalue weighted by Crippen LogP contribution is 2.35. The fourth-order valence-electron chi connectivity index (χ4n) is 3.21. The third-order valence-corrected chi connectivity index (χ3v) is 7.23. The van der Waals surface area contributed by atoms with Crippen LogP contribution >= 0.6 is 34.3 Å². The molecule has 0 saturated carbocycles. The summed E-state index contributed by atoms with van der Waals surface area (Å²) in [4.78, 5) is 22.3. The number of aromatic nitrogens is 1. The van der Waals surface area contributed by atoms with E-state index in [2.05, 4.69) is 22.0 Å². The molecule has 1 aliphatic rings. The molecule has 2 aromatic heterocycles. The molecule has 0 aliphatic carbocycles. The molecule has 1 fully saturated rings. The van der Waals surface area contributed by atoms with E-state index < -0.39 is 0 Å². The van der Waals surface area contributed by atoms with Crippen molar-refractivity contribution in [2.24, 2.45) is 0 Å². The van der Waals surface area contributed by atoms with Crippen LogP contribution in [-0.4, -0.2) is 55.1 Å². The summed E-state index contributed by atoms with van der Waals surface area (Å²) in [6.45, 7) is 7.44. The number of piperazine rings is 1. The van der Waals surface area contributed by atoms with Gasteiger partial charge in [-0.05, 0) is 30.0 Å². The van der Waals surface area contributed by atoms with Gasteiger partial charge in [0.1, 0.15) is 0 Å². The number of fused-ring (bicyclic) bond motifs is 1. The Morgan fingerprint density at radius 1 is 1.26 bits per heavy atom. The zero-order chi connectivity index (χ0) is 18.8. The van der Waals surface area contributed by atoms with Crippen molar-refractivity contribution in [2.75, 3.05) is 44.2 Å². The van der Waals surface area contributed by atoms with E-state index in [4.69, 9.17) is 16.6 Å². The van der Waals surface area contributed by atoms with Gasteiger partial charge in [0.2, 0.25) is 0 Å². The minimum absolute atomic E-state index is 0.0189. The fourth-order valence-corrected chi connectivity index (χ4v) is 5.22. The normalized spacial score (nSPS) is 15.4. The summed E-state index contributed by atoms with van der Waals surface area (Å²) in [5.74, 6) is 0.0189. The van der Waals surface area contributed by atoms with Gasteiger partial charge in [-0.3, -0.25) is 9.69 Å². The van der Waals surface area contributed by atoms with Gasteiger partial charge in [-0.15, -0.1) is 11.3 Å². The molecule has 3 aromatic rings. The second-order valence-corrected chi connectivity index (χ2v) is 8.93. The lowest BCUT2D eigenvalue weighted by atomic mass is 10.2. The first-order chi connectivity index (χ1) is 13.1. The van der Waals surface area contributed by atoms with Crippen molar-refractivity contribution in [1.29, 1.82) is 0 Å². The number of hydrogen-bond acceptors (Lipinski definition) is 6. The van der Waals surface area contributed by atoms with Crippen LogP contribution in [0.15, 0.2) is 29.6 Å². The Bertz CT molecular complexity index is 894. The number of thiazole rings is 1. The first-order valence-corrected chi connectivity index (χ1v) is 11.0. The highest BCUT2D eigenvalue weighted by atomic mass is 35.5.